The quantitative estimate of drug-likeness (QED) is 0.220. The van der Waals surface area contributed by atoms with E-state index in [4.69, 9.17) is 0 Å². The van der Waals surface area contributed by atoms with Crippen molar-refractivity contribution in [1.29, 1.82) is 0 Å². The largest absolute Gasteiger partial charge is 0.347 e. The molecule has 4 rings (SSSR count). The smallest absolute Gasteiger partial charge is 0.289 e. The molecule has 4 N–H and O–H groups in total. The summed E-state index contributed by atoms with van der Waals surface area (Å²) in [5.41, 5.74) is -0.679. The van der Waals surface area contributed by atoms with E-state index in [0.717, 1.165) is 32.1 Å². The van der Waals surface area contributed by atoms with E-state index in [1.54, 1.807) is 4.90 Å². The second kappa shape index (κ2) is 15.3. The number of nitrogens with one attached hydrogen (secondary N) is 4. The minimum atomic E-state index is -1.01. The first kappa shape index (κ1) is 35.9. The molecule has 0 bridgehead atoms. The van der Waals surface area contributed by atoms with Gasteiger partial charge in [-0.05, 0) is 55.3 Å². The first-order valence-corrected chi connectivity index (χ1v) is 17.1. The van der Waals surface area contributed by atoms with Crippen molar-refractivity contribution in [2.24, 2.45) is 23.2 Å². The van der Waals surface area contributed by atoms with Crippen molar-refractivity contribution < 1.29 is 28.8 Å². The lowest BCUT2D eigenvalue weighted by atomic mass is 9.84. The summed E-state index contributed by atoms with van der Waals surface area (Å²) in [5, 5.41) is 11.3. The highest BCUT2D eigenvalue weighted by Crippen LogP contribution is 2.43. The topological polar surface area (TPSA) is 180 Å². The Morgan fingerprint density at radius 2 is 1.70 bits per heavy atom. The minimum Gasteiger partial charge on any atom is -0.347 e. The molecule has 7 atom stereocenters. The Morgan fingerprint density at radius 1 is 0.979 bits per heavy atom. The number of carbonyl (C=O) groups excluding carboxylic acids is 6. The average molecular weight is 654 g/mol. The van der Waals surface area contributed by atoms with Crippen molar-refractivity contribution >= 4 is 35.3 Å². The molecule has 258 valence electrons. The van der Waals surface area contributed by atoms with Gasteiger partial charge < -0.3 is 26.2 Å². The van der Waals surface area contributed by atoms with Crippen LogP contribution in [0.25, 0.3) is 0 Å². The molecule has 2 saturated carbocycles. The van der Waals surface area contributed by atoms with Crippen molar-refractivity contribution in [2.75, 3.05) is 6.54 Å². The Morgan fingerprint density at radius 3 is 2.30 bits per heavy atom. The van der Waals surface area contributed by atoms with Crippen LogP contribution in [0.2, 0.25) is 0 Å². The highest BCUT2D eigenvalue weighted by atomic mass is 16.2. The van der Waals surface area contributed by atoms with Crippen molar-refractivity contribution in [2.45, 2.75) is 123 Å². The molecule has 13 heteroatoms. The number of amides is 5. The predicted molar refractivity (Wildman–Crippen MR) is 173 cm³/mol. The molecule has 5 amide bonds. The third-order valence-corrected chi connectivity index (χ3v) is 9.77. The molecule has 2 unspecified atom stereocenters. The lowest BCUT2D eigenvalue weighted by Crippen LogP contribution is -2.62. The summed E-state index contributed by atoms with van der Waals surface area (Å²) < 4.78 is 0. The van der Waals surface area contributed by atoms with Gasteiger partial charge in [0.2, 0.25) is 23.5 Å². The van der Waals surface area contributed by atoms with Gasteiger partial charge >= 0.3 is 0 Å². The van der Waals surface area contributed by atoms with Gasteiger partial charge in [0, 0.05) is 25.0 Å². The van der Waals surface area contributed by atoms with E-state index in [9.17, 15) is 28.8 Å². The van der Waals surface area contributed by atoms with Crippen LogP contribution < -0.4 is 21.3 Å². The Labute approximate surface area is 277 Å². The number of fused-ring (bicyclic) bond motifs is 1. The molecule has 0 aromatic carbocycles. The number of rotatable bonds is 14. The lowest BCUT2D eigenvalue weighted by Gasteiger charge is -2.37. The molecule has 0 radical (unpaired) electrons. The van der Waals surface area contributed by atoms with Crippen molar-refractivity contribution in [3.05, 3.63) is 24.3 Å². The van der Waals surface area contributed by atoms with E-state index < -0.39 is 64.9 Å². The summed E-state index contributed by atoms with van der Waals surface area (Å²) in [6.07, 6.45) is 9.86. The Bertz CT molecular complexity index is 1330. The molecule has 0 spiro atoms. The number of carbonyl (C=O) groups is 6. The zero-order chi connectivity index (χ0) is 34.5. The Balaban J connectivity index is 1.55. The third kappa shape index (κ3) is 8.72. The van der Waals surface area contributed by atoms with Crippen molar-refractivity contribution in [3.63, 3.8) is 0 Å². The molecule has 1 aromatic rings. The van der Waals surface area contributed by atoms with Crippen molar-refractivity contribution in [3.8, 4) is 0 Å². The van der Waals surface area contributed by atoms with E-state index in [0.29, 0.717) is 25.8 Å². The fourth-order valence-electron chi connectivity index (χ4n) is 6.71. The molecule has 1 aromatic heterocycles. The van der Waals surface area contributed by atoms with Crippen LogP contribution in [0.5, 0.6) is 0 Å². The van der Waals surface area contributed by atoms with Crippen LogP contribution in [0.15, 0.2) is 18.6 Å². The van der Waals surface area contributed by atoms with E-state index >= 15 is 0 Å². The summed E-state index contributed by atoms with van der Waals surface area (Å²) in [6.45, 7) is 11.5. The lowest BCUT2D eigenvalue weighted by molar-refractivity contribution is -0.146. The van der Waals surface area contributed by atoms with Gasteiger partial charge in [-0.25, -0.2) is 4.98 Å². The standard InChI is InChI=1S/C34H51N7O6/c1-7-10-23(27(42)32(46)37-21-13-14-21)38-31(45)26-22-12-9-11-20(22)18-41(26)33(47)28(34(4,5)6)40-30(44)25(19(3)8-2)39-29(43)24-17-35-15-16-36-24/h15-17,19-23,25-26,28H,7-14,18H2,1-6H3,(H,37,46)(H,38,45)(H,39,43)(H,40,44)/t19?,20-,22-,23-,25-,26?,28+/m0/s1. The number of hydrogen-bond acceptors (Lipinski definition) is 8. The summed E-state index contributed by atoms with van der Waals surface area (Å²) in [6, 6.07) is -3.78. The van der Waals surface area contributed by atoms with E-state index in [1.165, 1.54) is 18.6 Å². The molecule has 47 heavy (non-hydrogen) atoms. The number of likely N-dealkylation sites (tertiary alicyclic amines) is 1. The molecule has 3 fully saturated rings. The summed E-state index contributed by atoms with van der Waals surface area (Å²) in [7, 11) is 0. The highest BCUT2D eigenvalue weighted by Gasteiger charge is 2.52. The first-order chi connectivity index (χ1) is 22.3. The van der Waals surface area contributed by atoms with Gasteiger partial charge in [-0.15, -0.1) is 0 Å². The molecule has 3 aliphatic rings. The van der Waals surface area contributed by atoms with Crippen LogP contribution in [-0.4, -0.2) is 86.9 Å². The maximum Gasteiger partial charge on any atom is 0.289 e. The second-order valence-electron chi connectivity index (χ2n) is 14.5. The van der Waals surface area contributed by atoms with Crippen LogP contribution in [0.1, 0.15) is 103 Å². The molecular formula is C34H51N7O6. The summed E-state index contributed by atoms with van der Waals surface area (Å²) in [4.78, 5) is 90.4. The Kier molecular flexibility index (Phi) is 11.7. The van der Waals surface area contributed by atoms with Crippen LogP contribution in [-0.2, 0) is 24.0 Å². The average Bonchev–Trinajstić information content (AvgIpc) is 3.61. The minimum absolute atomic E-state index is 0.0106. The van der Waals surface area contributed by atoms with E-state index in [1.807, 2.05) is 41.5 Å². The zero-order valence-electron chi connectivity index (χ0n) is 28.5. The van der Waals surface area contributed by atoms with Crippen LogP contribution >= 0.6 is 0 Å². The van der Waals surface area contributed by atoms with Crippen LogP contribution in [0, 0.1) is 23.2 Å². The van der Waals surface area contributed by atoms with Crippen LogP contribution in [0.4, 0.5) is 0 Å². The fraction of sp³-hybridized carbons (Fsp3) is 0.706. The van der Waals surface area contributed by atoms with E-state index in [2.05, 4.69) is 31.2 Å². The van der Waals surface area contributed by atoms with Gasteiger partial charge in [0.1, 0.15) is 23.8 Å². The first-order valence-electron chi connectivity index (χ1n) is 17.1. The normalized spacial score (nSPS) is 23.1. The number of Topliss-reactive ketones (excluding diaryl/α,β-unsaturated/α-hetero) is 1. The number of aromatic nitrogens is 2. The number of ketones is 1. The third-order valence-electron chi connectivity index (χ3n) is 9.77. The number of hydrogen-bond donors (Lipinski definition) is 4. The van der Waals surface area contributed by atoms with Gasteiger partial charge in [0.15, 0.2) is 0 Å². The zero-order valence-corrected chi connectivity index (χ0v) is 28.5. The molecular weight excluding hydrogens is 602 g/mol. The molecule has 2 heterocycles. The monoisotopic (exact) mass is 653 g/mol. The van der Waals surface area contributed by atoms with Gasteiger partial charge in [-0.3, -0.25) is 33.8 Å². The molecule has 2 aliphatic carbocycles. The van der Waals surface area contributed by atoms with Crippen LogP contribution in [0.3, 0.4) is 0 Å². The Hall–Kier alpha value is -3.90. The highest BCUT2D eigenvalue weighted by molar-refractivity contribution is 6.38. The molecule has 1 saturated heterocycles. The van der Waals surface area contributed by atoms with Gasteiger partial charge in [0.25, 0.3) is 11.8 Å². The molecule has 1 aliphatic heterocycles. The fourth-order valence-corrected chi connectivity index (χ4v) is 6.71. The SMILES string of the molecule is CCC[C@H](NC(=O)C1[C@H]2CCC[C@H]2CN1C(=O)[C@@H](NC(=O)[C@@H](NC(=O)c1cnccn1)C(C)CC)C(C)(C)C)C(=O)C(=O)NC1CC1. The number of nitrogens with zero attached hydrogens (tertiary/aromatic N) is 3. The summed E-state index contributed by atoms with van der Waals surface area (Å²) in [5.74, 6) is -3.52. The maximum atomic E-state index is 14.5. The van der Waals surface area contributed by atoms with E-state index in [-0.39, 0.29) is 29.5 Å². The maximum absolute atomic E-state index is 14.5. The molecule has 13 nitrogen and oxygen atoms in total. The van der Waals surface area contributed by atoms with Gasteiger partial charge in [-0.2, -0.15) is 0 Å². The van der Waals surface area contributed by atoms with Crippen molar-refractivity contribution in [1.82, 2.24) is 36.1 Å². The summed E-state index contributed by atoms with van der Waals surface area (Å²) >= 11 is 0. The second-order valence-corrected chi connectivity index (χ2v) is 14.5. The van der Waals surface area contributed by atoms with Gasteiger partial charge in [0.05, 0.1) is 12.2 Å². The van der Waals surface area contributed by atoms with Gasteiger partial charge in [-0.1, -0.05) is 60.8 Å². The predicted octanol–water partition coefficient (Wildman–Crippen LogP) is 1.91.